The predicted octanol–water partition coefficient (Wildman–Crippen LogP) is 1.45. The minimum atomic E-state index is -1.26. The fraction of sp³-hybridized carbons (Fsp3) is 0.250. The second kappa shape index (κ2) is 5.74. The van der Waals surface area contributed by atoms with E-state index in [0.717, 1.165) is 6.07 Å². The lowest BCUT2D eigenvalue weighted by Gasteiger charge is -2.07. The maximum absolute atomic E-state index is 13.6. The number of nitrogens with zero attached hydrogens (tertiary/aromatic N) is 3. The first-order chi connectivity index (χ1) is 9.54. The number of aromatic carboxylic acids is 1. The predicted molar refractivity (Wildman–Crippen MR) is 63.2 cm³/mol. The van der Waals surface area contributed by atoms with Gasteiger partial charge >= 0.3 is 5.97 Å². The molecule has 0 radical (unpaired) electrons. The first kappa shape index (κ1) is 14.1. The zero-order valence-corrected chi connectivity index (χ0v) is 10.5. The zero-order chi connectivity index (χ0) is 14.7. The molecule has 2 rings (SSSR count). The van der Waals surface area contributed by atoms with Gasteiger partial charge in [-0.2, -0.15) is 0 Å². The summed E-state index contributed by atoms with van der Waals surface area (Å²) in [7, 11) is 1.38. The first-order valence-corrected chi connectivity index (χ1v) is 5.62. The quantitative estimate of drug-likeness (QED) is 0.898. The van der Waals surface area contributed by atoms with Gasteiger partial charge in [-0.1, -0.05) is 17.3 Å². The van der Waals surface area contributed by atoms with E-state index in [4.69, 9.17) is 9.84 Å². The number of methoxy groups -OCH3 is 1. The second-order valence-electron chi connectivity index (χ2n) is 3.99. The largest absolute Gasteiger partial charge is 0.476 e. The highest BCUT2D eigenvalue weighted by atomic mass is 19.2. The lowest BCUT2D eigenvalue weighted by molar-refractivity contribution is 0.0684. The molecule has 0 fully saturated rings. The van der Waals surface area contributed by atoms with Crippen molar-refractivity contribution in [1.82, 2.24) is 15.0 Å². The summed E-state index contributed by atoms with van der Waals surface area (Å²) >= 11 is 0. The highest BCUT2D eigenvalue weighted by Crippen LogP contribution is 2.15. The molecule has 0 saturated heterocycles. The Morgan fingerprint density at radius 3 is 2.85 bits per heavy atom. The van der Waals surface area contributed by atoms with Crippen LogP contribution in [0.2, 0.25) is 0 Å². The van der Waals surface area contributed by atoms with Crippen LogP contribution >= 0.6 is 0 Å². The number of carboxylic acid groups (broad SMARTS) is 1. The Hall–Kier alpha value is -2.35. The highest BCUT2D eigenvalue weighted by Gasteiger charge is 2.20. The van der Waals surface area contributed by atoms with Gasteiger partial charge in [0.15, 0.2) is 17.3 Å². The normalized spacial score (nSPS) is 10.8. The Morgan fingerprint density at radius 1 is 1.45 bits per heavy atom. The average molecular weight is 283 g/mol. The molecule has 0 aliphatic carbocycles. The maximum atomic E-state index is 13.6. The molecular formula is C12H11F2N3O3. The molecule has 1 aromatic carbocycles. The third kappa shape index (κ3) is 2.64. The summed E-state index contributed by atoms with van der Waals surface area (Å²) in [6.07, 6.45) is 0. The summed E-state index contributed by atoms with van der Waals surface area (Å²) in [5, 5.41) is 16.1. The lowest BCUT2D eigenvalue weighted by Crippen LogP contribution is -2.11. The molecule has 106 valence electrons. The Balaban J connectivity index is 2.38. The fourth-order valence-electron chi connectivity index (χ4n) is 1.74. The van der Waals surface area contributed by atoms with E-state index < -0.39 is 17.6 Å². The van der Waals surface area contributed by atoms with Crippen LogP contribution < -0.4 is 0 Å². The molecule has 0 aliphatic rings. The molecule has 1 aromatic heterocycles. The van der Waals surface area contributed by atoms with Gasteiger partial charge in [-0.05, 0) is 6.07 Å². The van der Waals surface area contributed by atoms with Gasteiger partial charge in [0.1, 0.15) is 0 Å². The summed E-state index contributed by atoms with van der Waals surface area (Å²) < 4.78 is 32.8. The molecule has 1 heterocycles. The van der Waals surface area contributed by atoms with E-state index in [9.17, 15) is 13.6 Å². The van der Waals surface area contributed by atoms with E-state index in [1.165, 1.54) is 23.9 Å². The SMILES string of the molecule is COCc1c(C(=O)O)nnn1Cc1cccc(F)c1F. The fourth-order valence-corrected chi connectivity index (χ4v) is 1.74. The Morgan fingerprint density at radius 2 is 2.20 bits per heavy atom. The summed E-state index contributed by atoms with van der Waals surface area (Å²) in [5.41, 5.74) is -0.0449. The molecule has 2 aromatic rings. The van der Waals surface area contributed by atoms with Crippen molar-refractivity contribution in [1.29, 1.82) is 0 Å². The van der Waals surface area contributed by atoms with Crippen LogP contribution in [-0.2, 0) is 17.9 Å². The highest BCUT2D eigenvalue weighted by molar-refractivity contribution is 5.86. The second-order valence-corrected chi connectivity index (χ2v) is 3.99. The third-order valence-corrected chi connectivity index (χ3v) is 2.67. The first-order valence-electron chi connectivity index (χ1n) is 5.62. The van der Waals surface area contributed by atoms with E-state index in [-0.39, 0.29) is 30.1 Å². The van der Waals surface area contributed by atoms with Gasteiger partial charge in [0, 0.05) is 12.7 Å². The van der Waals surface area contributed by atoms with Crippen LogP contribution in [0.15, 0.2) is 18.2 Å². The molecule has 1 N–H and O–H groups in total. The van der Waals surface area contributed by atoms with Crippen LogP contribution in [0.5, 0.6) is 0 Å². The van der Waals surface area contributed by atoms with E-state index in [2.05, 4.69) is 10.3 Å². The molecule has 0 spiro atoms. The standard InChI is InChI=1S/C12H11F2N3O3/c1-20-6-9-11(12(18)19)15-16-17(9)5-7-3-2-4-8(13)10(7)14/h2-4H,5-6H2,1H3,(H,18,19). The van der Waals surface area contributed by atoms with Gasteiger partial charge in [0.2, 0.25) is 0 Å². The van der Waals surface area contributed by atoms with E-state index >= 15 is 0 Å². The van der Waals surface area contributed by atoms with Crippen molar-refractivity contribution in [3.8, 4) is 0 Å². The molecule has 0 unspecified atom stereocenters. The number of hydrogen-bond donors (Lipinski definition) is 1. The van der Waals surface area contributed by atoms with Crippen molar-refractivity contribution < 1.29 is 23.4 Å². The van der Waals surface area contributed by atoms with Crippen molar-refractivity contribution in [2.75, 3.05) is 7.11 Å². The molecule has 0 bridgehead atoms. The van der Waals surface area contributed by atoms with Gasteiger partial charge in [0.25, 0.3) is 0 Å². The lowest BCUT2D eigenvalue weighted by atomic mass is 10.2. The van der Waals surface area contributed by atoms with Gasteiger partial charge in [-0.15, -0.1) is 5.10 Å². The zero-order valence-electron chi connectivity index (χ0n) is 10.5. The molecule has 8 heteroatoms. The summed E-state index contributed by atoms with van der Waals surface area (Å²) in [6.45, 7) is -0.186. The van der Waals surface area contributed by atoms with Crippen molar-refractivity contribution in [2.24, 2.45) is 0 Å². The number of carbonyl (C=O) groups is 1. The maximum Gasteiger partial charge on any atom is 0.358 e. The summed E-state index contributed by atoms with van der Waals surface area (Å²) in [5.74, 6) is -3.24. The van der Waals surface area contributed by atoms with Crippen molar-refractivity contribution >= 4 is 5.97 Å². The Bertz CT molecular complexity index is 643. The van der Waals surface area contributed by atoms with Crippen molar-refractivity contribution in [2.45, 2.75) is 13.2 Å². The van der Waals surface area contributed by atoms with Gasteiger partial charge in [-0.25, -0.2) is 18.3 Å². The number of carboxylic acids is 1. The third-order valence-electron chi connectivity index (χ3n) is 2.67. The van der Waals surface area contributed by atoms with Crippen molar-refractivity contribution in [3.63, 3.8) is 0 Å². The van der Waals surface area contributed by atoms with Crippen LogP contribution in [0.1, 0.15) is 21.7 Å². The molecular weight excluding hydrogens is 272 g/mol. The monoisotopic (exact) mass is 283 g/mol. The average Bonchev–Trinajstić information content (AvgIpc) is 2.79. The molecule has 0 aliphatic heterocycles. The van der Waals surface area contributed by atoms with Gasteiger partial charge < -0.3 is 9.84 Å². The topological polar surface area (TPSA) is 77.2 Å². The van der Waals surface area contributed by atoms with E-state index in [0.29, 0.717) is 0 Å². The Labute approximate surface area is 112 Å². The summed E-state index contributed by atoms with van der Waals surface area (Å²) in [6, 6.07) is 3.74. The van der Waals surface area contributed by atoms with Crippen LogP contribution in [-0.4, -0.2) is 33.2 Å². The van der Waals surface area contributed by atoms with Crippen LogP contribution in [0.4, 0.5) is 8.78 Å². The van der Waals surface area contributed by atoms with Gasteiger partial charge in [0.05, 0.1) is 18.8 Å². The van der Waals surface area contributed by atoms with Crippen LogP contribution in [0.3, 0.4) is 0 Å². The number of ether oxygens (including phenoxy) is 1. The number of rotatable bonds is 5. The minimum Gasteiger partial charge on any atom is -0.476 e. The molecule has 0 atom stereocenters. The summed E-state index contributed by atoms with van der Waals surface area (Å²) in [4.78, 5) is 11.0. The molecule has 20 heavy (non-hydrogen) atoms. The van der Waals surface area contributed by atoms with Crippen LogP contribution in [0, 0.1) is 11.6 Å². The van der Waals surface area contributed by atoms with Gasteiger partial charge in [-0.3, -0.25) is 0 Å². The number of halogens is 2. The molecule has 6 nitrogen and oxygen atoms in total. The molecule has 0 amide bonds. The molecule has 0 saturated carbocycles. The number of benzene rings is 1. The minimum absolute atomic E-state index is 0.0455. The van der Waals surface area contributed by atoms with Crippen molar-refractivity contribution in [3.05, 3.63) is 46.8 Å². The van der Waals surface area contributed by atoms with Crippen LogP contribution in [0.25, 0.3) is 0 Å². The number of aromatic nitrogens is 3. The Kier molecular flexibility index (Phi) is 4.04. The smallest absolute Gasteiger partial charge is 0.358 e. The van der Waals surface area contributed by atoms with E-state index in [1.54, 1.807) is 0 Å². The number of hydrogen-bond acceptors (Lipinski definition) is 4. The van der Waals surface area contributed by atoms with E-state index in [1.807, 2.05) is 0 Å².